The van der Waals surface area contributed by atoms with E-state index in [1.165, 1.54) is 12.4 Å². The zero-order chi connectivity index (χ0) is 18.7. The highest BCUT2D eigenvalue weighted by atomic mass is 19.1. The third-order valence-corrected chi connectivity index (χ3v) is 3.98. The summed E-state index contributed by atoms with van der Waals surface area (Å²) in [5.74, 6) is 1.32. The first-order valence-corrected chi connectivity index (χ1v) is 8.52. The highest BCUT2D eigenvalue weighted by Gasteiger charge is 2.12. The van der Waals surface area contributed by atoms with Crippen LogP contribution in [0.4, 0.5) is 15.9 Å². The number of aliphatic hydroxyl groups is 1. The first kappa shape index (κ1) is 18.1. The van der Waals surface area contributed by atoms with Crippen LogP contribution in [0.15, 0.2) is 36.7 Å². The molecule has 2 N–H and O–H groups in total. The minimum atomic E-state index is -0.250. The van der Waals surface area contributed by atoms with E-state index in [1.54, 1.807) is 25.1 Å². The molecule has 0 aliphatic carbocycles. The third kappa shape index (κ3) is 3.91. The van der Waals surface area contributed by atoms with Crippen molar-refractivity contribution in [1.82, 2.24) is 9.97 Å². The molecule has 2 aromatic carbocycles. The maximum absolute atomic E-state index is 13.5. The first-order chi connectivity index (χ1) is 12.5. The van der Waals surface area contributed by atoms with Gasteiger partial charge < -0.3 is 15.2 Å². The summed E-state index contributed by atoms with van der Waals surface area (Å²) in [7, 11) is 0. The van der Waals surface area contributed by atoms with E-state index in [1.807, 2.05) is 6.07 Å². The minimum Gasteiger partial charge on any atom is -0.493 e. The molecule has 3 rings (SSSR count). The summed E-state index contributed by atoms with van der Waals surface area (Å²) in [6.07, 6.45) is 1.46. The van der Waals surface area contributed by atoms with Crippen LogP contribution >= 0.6 is 0 Å². The Hall–Kier alpha value is -2.73. The number of ether oxygens (including phenoxy) is 1. The monoisotopic (exact) mass is 355 g/mol. The summed E-state index contributed by atoms with van der Waals surface area (Å²) in [6, 6.07) is 8.44. The van der Waals surface area contributed by atoms with Crippen LogP contribution in [0.3, 0.4) is 0 Å². The topological polar surface area (TPSA) is 67.3 Å². The van der Waals surface area contributed by atoms with Crippen molar-refractivity contribution in [3.8, 4) is 5.75 Å². The highest BCUT2D eigenvalue weighted by molar-refractivity contribution is 5.92. The number of nitrogens with zero attached hydrogens (tertiary/aromatic N) is 2. The molecule has 3 aromatic rings. The van der Waals surface area contributed by atoms with Gasteiger partial charge in [0.05, 0.1) is 18.7 Å². The van der Waals surface area contributed by atoms with Crippen molar-refractivity contribution >= 4 is 22.4 Å². The average molecular weight is 355 g/mol. The van der Waals surface area contributed by atoms with Gasteiger partial charge in [0, 0.05) is 16.6 Å². The predicted octanol–water partition coefficient (Wildman–Crippen LogP) is 4.35. The quantitative estimate of drug-likeness (QED) is 0.688. The number of rotatable bonds is 6. The number of aliphatic hydroxyl groups excluding tert-OH is 1. The van der Waals surface area contributed by atoms with Crippen molar-refractivity contribution in [2.45, 2.75) is 27.4 Å². The number of hydrogen-bond donors (Lipinski definition) is 2. The molecule has 0 aliphatic heterocycles. The van der Waals surface area contributed by atoms with Crippen LogP contribution in [0, 0.1) is 18.7 Å². The van der Waals surface area contributed by atoms with E-state index in [2.05, 4.69) is 29.1 Å². The van der Waals surface area contributed by atoms with Gasteiger partial charge in [-0.25, -0.2) is 14.4 Å². The molecule has 0 radical (unpaired) electrons. The molecule has 0 spiro atoms. The predicted molar refractivity (Wildman–Crippen MR) is 100 cm³/mol. The third-order valence-electron chi connectivity index (χ3n) is 3.98. The molecule has 0 aliphatic rings. The molecule has 6 heteroatoms. The number of aryl methyl sites for hydroxylation is 1. The van der Waals surface area contributed by atoms with E-state index in [4.69, 9.17) is 4.74 Å². The number of benzene rings is 2. The Kier molecular flexibility index (Phi) is 5.32. The van der Waals surface area contributed by atoms with Gasteiger partial charge in [0.15, 0.2) is 0 Å². The molecule has 0 amide bonds. The lowest BCUT2D eigenvalue weighted by molar-refractivity contribution is 0.246. The van der Waals surface area contributed by atoms with E-state index in [0.717, 1.165) is 11.1 Å². The van der Waals surface area contributed by atoms with Crippen molar-refractivity contribution in [1.29, 1.82) is 0 Å². The lowest BCUT2D eigenvalue weighted by atomic mass is 10.1. The van der Waals surface area contributed by atoms with Gasteiger partial charge in [0.1, 0.15) is 23.7 Å². The number of nitrogens with one attached hydrogen (secondary N) is 1. The Morgan fingerprint density at radius 1 is 1.19 bits per heavy atom. The minimum absolute atomic E-state index is 0.132. The Morgan fingerprint density at radius 3 is 2.69 bits per heavy atom. The maximum Gasteiger partial charge on any atom is 0.141 e. The van der Waals surface area contributed by atoms with Gasteiger partial charge >= 0.3 is 0 Å². The van der Waals surface area contributed by atoms with Crippen LogP contribution in [-0.2, 0) is 6.61 Å². The second kappa shape index (κ2) is 7.66. The first-order valence-electron chi connectivity index (χ1n) is 8.52. The molecule has 26 heavy (non-hydrogen) atoms. The smallest absolute Gasteiger partial charge is 0.141 e. The summed E-state index contributed by atoms with van der Waals surface area (Å²) in [5.41, 5.74) is 2.67. The van der Waals surface area contributed by atoms with Gasteiger partial charge in [0.2, 0.25) is 0 Å². The second-order valence-electron chi connectivity index (χ2n) is 6.65. The second-order valence-corrected chi connectivity index (χ2v) is 6.65. The zero-order valence-electron chi connectivity index (χ0n) is 15.1. The SMILES string of the molecule is Cc1cc(Nc2ncnc3cc(CO)c(OCC(C)C)cc23)ccc1F. The summed E-state index contributed by atoms with van der Waals surface area (Å²) in [6.45, 7) is 6.25. The fourth-order valence-electron chi connectivity index (χ4n) is 2.60. The average Bonchev–Trinajstić information content (AvgIpc) is 2.62. The van der Waals surface area contributed by atoms with Gasteiger partial charge in [-0.1, -0.05) is 13.8 Å². The lowest BCUT2D eigenvalue weighted by Gasteiger charge is -2.15. The molecule has 136 valence electrons. The molecule has 0 bridgehead atoms. The molecular formula is C20H22FN3O2. The van der Waals surface area contributed by atoms with Crippen molar-refractivity contribution in [3.05, 3.63) is 53.6 Å². The maximum atomic E-state index is 13.5. The normalized spacial score (nSPS) is 11.2. The Labute approximate surface area is 151 Å². The molecule has 5 nitrogen and oxygen atoms in total. The number of anilines is 2. The van der Waals surface area contributed by atoms with E-state index in [9.17, 15) is 9.50 Å². The molecule has 0 saturated heterocycles. The Bertz CT molecular complexity index is 928. The van der Waals surface area contributed by atoms with Crippen LogP contribution < -0.4 is 10.1 Å². The molecule has 1 heterocycles. The van der Waals surface area contributed by atoms with Crippen molar-refractivity contribution in [2.24, 2.45) is 5.92 Å². The molecule has 0 saturated carbocycles. The lowest BCUT2D eigenvalue weighted by Crippen LogP contribution is -2.07. The van der Waals surface area contributed by atoms with Gasteiger partial charge in [-0.15, -0.1) is 0 Å². The van der Waals surface area contributed by atoms with E-state index >= 15 is 0 Å². The standard InChI is InChI=1S/C20H22FN3O2/c1-12(2)10-26-19-8-16-18(7-14(19)9-25)22-11-23-20(16)24-15-4-5-17(21)13(3)6-15/h4-8,11-12,25H,9-10H2,1-3H3,(H,22,23,24). The van der Waals surface area contributed by atoms with Crippen LogP contribution in [0.1, 0.15) is 25.0 Å². The number of fused-ring (bicyclic) bond motifs is 1. The fraction of sp³-hybridized carbons (Fsp3) is 0.300. The molecule has 1 aromatic heterocycles. The summed E-state index contributed by atoms with van der Waals surface area (Å²) in [5, 5.41) is 13.6. The molecule has 0 fully saturated rings. The summed E-state index contributed by atoms with van der Waals surface area (Å²) < 4.78 is 19.3. The molecular weight excluding hydrogens is 333 g/mol. The number of halogens is 1. The number of hydrogen-bond acceptors (Lipinski definition) is 5. The van der Waals surface area contributed by atoms with E-state index in [-0.39, 0.29) is 12.4 Å². The van der Waals surface area contributed by atoms with E-state index in [0.29, 0.717) is 40.7 Å². The van der Waals surface area contributed by atoms with Crippen LogP contribution in [0.5, 0.6) is 5.75 Å². The van der Waals surface area contributed by atoms with Crippen molar-refractivity contribution in [3.63, 3.8) is 0 Å². The van der Waals surface area contributed by atoms with Crippen LogP contribution in [0.25, 0.3) is 10.9 Å². The molecule has 0 unspecified atom stereocenters. The van der Waals surface area contributed by atoms with Crippen LogP contribution in [0.2, 0.25) is 0 Å². The zero-order valence-corrected chi connectivity index (χ0v) is 15.1. The fourth-order valence-corrected chi connectivity index (χ4v) is 2.60. The van der Waals surface area contributed by atoms with Gasteiger partial charge in [-0.3, -0.25) is 0 Å². The number of aromatic nitrogens is 2. The molecule has 0 atom stereocenters. The Morgan fingerprint density at radius 2 is 2.00 bits per heavy atom. The van der Waals surface area contributed by atoms with Gasteiger partial charge in [-0.05, 0) is 48.7 Å². The van der Waals surface area contributed by atoms with Crippen molar-refractivity contribution < 1.29 is 14.2 Å². The van der Waals surface area contributed by atoms with Gasteiger partial charge in [-0.2, -0.15) is 0 Å². The van der Waals surface area contributed by atoms with E-state index < -0.39 is 0 Å². The summed E-state index contributed by atoms with van der Waals surface area (Å²) >= 11 is 0. The van der Waals surface area contributed by atoms with Crippen molar-refractivity contribution in [2.75, 3.05) is 11.9 Å². The highest BCUT2D eigenvalue weighted by Crippen LogP contribution is 2.30. The van der Waals surface area contributed by atoms with Crippen LogP contribution in [-0.4, -0.2) is 21.7 Å². The summed E-state index contributed by atoms with van der Waals surface area (Å²) in [4.78, 5) is 8.59. The largest absolute Gasteiger partial charge is 0.493 e. The van der Waals surface area contributed by atoms with Gasteiger partial charge in [0.25, 0.3) is 0 Å². The Balaban J connectivity index is 2.01.